The number of benzene rings is 1. The lowest BCUT2D eigenvalue weighted by molar-refractivity contribution is 0.227. The van der Waals surface area contributed by atoms with Crippen LogP contribution in [0.25, 0.3) is 0 Å². The topological polar surface area (TPSA) is 44.6 Å². The summed E-state index contributed by atoms with van der Waals surface area (Å²) in [7, 11) is 1.73. The first kappa shape index (κ1) is 11.7. The molecule has 0 heterocycles. The first-order chi connectivity index (χ1) is 8.81. The van der Waals surface area contributed by atoms with Gasteiger partial charge in [-0.3, -0.25) is 15.7 Å². The quantitative estimate of drug-likeness (QED) is 0.452. The third kappa shape index (κ3) is 1.93. The standard InChI is InChI=1S/C15H20N2O/c1-16-15(17-18)14-8-12-6-10-4-2-3-5-11(10)7-13(12)9-14/h6-7,14,18H,2-5,8-9H2,1H3,(H,16,17). The van der Waals surface area contributed by atoms with Crippen molar-refractivity contribution < 1.29 is 5.21 Å². The van der Waals surface area contributed by atoms with Crippen molar-refractivity contribution in [1.82, 2.24) is 5.48 Å². The van der Waals surface area contributed by atoms with Gasteiger partial charge >= 0.3 is 0 Å². The first-order valence-electron chi connectivity index (χ1n) is 6.82. The summed E-state index contributed by atoms with van der Waals surface area (Å²) in [6.07, 6.45) is 7.14. The Balaban J connectivity index is 1.89. The second-order valence-electron chi connectivity index (χ2n) is 5.42. The van der Waals surface area contributed by atoms with Crippen molar-refractivity contribution in [3.63, 3.8) is 0 Å². The average molecular weight is 244 g/mol. The van der Waals surface area contributed by atoms with Gasteiger partial charge in [-0.1, -0.05) is 12.1 Å². The van der Waals surface area contributed by atoms with E-state index in [1.807, 2.05) is 0 Å². The number of aryl methyl sites for hydroxylation is 2. The molecule has 0 bridgehead atoms. The van der Waals surface area contributed by atoms with Gasteiger partial charge in [0, 0.05) is 13.0 Å². The summed E-state index contributed by atoms with van der Waals surface area (Å²) in [5.41, 5.74) is 8.26. The third-order valence-corrected chi connectivity index (χ3v) is 4.34. The molecule has 0 aliphatic heterocycles. The molecule has 2 aliphatic carbocycles. The van der Waals surface area contributed by atoms with Gasteiger partial charge in [-0.2, -0.15) is 0 Å². The summed E-state index contributed by atoms with van der Waals surface area (Å²) >= 11 is 0. The molecule has 0 atom stereocenters. The molecule has 96 valence electrons. The third-order valence-electron chi connectivity index (χ3n) is 4.34. The monoisotopic (exact) mass is 244 g/mol. The van der Waals surface area contributed by atoms with Crippen LogP contribution in [0.2, 0.25) is 0 Å². The number of rotatable bonds is 1. The van der Waals surface area contributed by atoms with Crippen LogP contribution >= 0.6 is 0 Å². The predicted octanol–water partition coefficient (Wildman–Crippen LogP) is 2.29. The van der Waals surface area contributed by atoms with Gasteiger partial charge in [0.1, 0.15) is 5.84 Å². The van der Waals surface area contributed by atoms with Crippen molar-refractivity contribution >= 4 is 5.84 Å². The van der Waals surface area contributed by atoms with Crippen molar-refractivity contribution in [1.29, 1.82) is 0 Å². The Hall–Kier alpha value is -1.35. The highest BCUT2D eigenvalue weighted by Gasteiger charge is 2.27. The lowest BCUT2D eigenvalue weighted by atomic mass is 9.89. The van der Waals surface area contributed by atoms with Gasteiger partial charge < -0.3 is 0 Å². The molecule has 0 spiro atoms. The van der Waals surface area contributed by atoms with Crippen LogP contribution in [0.15, 0.2) is 17.1 Å². The number of amidine groups is 1. The van der Waals surface area contributed by atoms with Gasteiger partial charge in [0.25, 0.3) is 0 Å². The molecule has 0 radical (unpaired) electrons. The molecule has 2 N–H and O–H groups in total. The lowest BCUT2D eigenvalue weighted by Crippen LogP contribution is -2.28. The maximum absolute atomic E-state index is 9.10. The van der Waals surface area contributed by atoms with E-state index >= 15 is 0 Å². The Labute approximate surface area is 108 Å². The molecule has 0 saturated heterocycles. The van der Waals surface area contributed by atoms with Crippen molar-refractivity contribution in [3.8, 4) is 0 Å². The van der Waals surface area contributed by atoms with E-state index in [2.05, 4.69) is 22.6 Å². The molecular formula is C15H20N2O. The number of aliphatic imine (C=N–C) groups is 1. The minimum absolute atomic E-state index is 0.318. The van der Waals surface area contributed by atoms with E-state index in [4.69, 9.17) is 5.21 Å². The Kier molecular flexibility index (Phi) is 3.08. The van der Waals surface area contributed by atoms with E-state index in [1.54, 1.807) is 18.2 Å². The Morgan fingerprint density at radius 2 is 1.67 bits per heavy atom. The van der Waals surface area contributed by atoms with Crippen LogP contribution in [0.1, 0.15) is 35.1 Å². The molecule has 0 amide bonds. The van der Waals surface area contributed by atoms with E-state index in [1.165, 1.54) is 36.8 Å². The zero-order chi connectivity index (χ0) is 12.5. The van der Waals surface area contributed by atoms with Gasteiger partial charge in [0.05, 0.1) is 0 Å². The molecule has 0 saturated carbocycles. The second-order valence-corrected chi connectivity index (χ2v) is 5.42. The average Bonchev–Trinajstić information content (AvgIpc) is 2.79. The molecule has 0 unspecified atom stereocenters. The minimum atomic E-state index is 0.318. The Morgan fingerprint density at radius 1 is 1.11 bits per heavy atom. The van der Waals surface area contributed by atoms with Gasteiger partial charge in [0.15, 0.2) is 0 Å². The van der Waals surface area contributed by atoms with Crippen LogP contribution in [0.5, 0.6) is 0 Å². The lowest BCUT2D eigenvalue weighted by Gasteiger charge is -2.17. The zero-order valence-electron chi connectivity index (χ0n) is 10.9. The number of hydrogen-bond acceptors (Lipinski definition) is 2. The van der Waals surface area contributed by atoms with Crippen molar-refractivity contribution in [2.24, 2.45) is 10.9 Å². The highest BCUT2D eigenvalue weighted by molar-refractivity contribution is 5.84. The highest BCUT2D eigenvalue weighted by atomic mass is 16.5. The molecule has 0 aromatic heterocycles. The van der Waals surface area contributed by atoms with E-state index in [9.17, 15) is 0 Å². The molecule has 3 nitrogen and oxygen atoms in total. The van der Waals surface area contributed by atoms with Crippen LogP contribution < -0.4 is 5.48 Å². The number of fused-ring (bicyclic) bond motifs is 2. The number of nitrogens with zero attached hydrogens (tertiary/aromatic N) is 1. The fourth-order valence-corrected chi connectivity index (χ4v) is 3.39. The Bertz CT molecular complexity index is 459. The van der Waals surface area contributed by atoms with Gasteiger partial charge in [0.2, 0.25) is 0 Å². The summed E-state index contributed by atoms with van der Waals surface area (Å²) in [5.74, 6) is 1.03. The van der Waals surface area contributed by atoms with Crippen molar-refractivity contribution in [3.05, 3.63) is 34.4 Å². The molecule has 3 heteroatoms. The maximum atomic E-state index is 9.10. The molecule has 1 aromatic carbocycles. The summed E-state index contributed by atoms with van der Waals surface area (Å²) < 4.78 is 0. The van der Waals surface area contributed by atoms with Crippen LogP contribution in [-0.4, -0.2) is 18.1 Å². The predicted molar refractivity (Wildman–Crippen MR) is 72.3 cm³/mol. The van der Waals surface area contributed by atoms with E-state index < -0.39 is 0 Å². The van der Waals surface area contributed by atoms with E-state index in [-0.39, 0.29) is 0 Å². The van der Waals surface area contributed by atoms with Gasteiger partial charge in [-0.15, -0.1) is 0 Å². The van der Waals surface area contributed by atoms with Gasteiger partial charge in [-0.05, 0) is 60.8 Å². The second kappa shape index (κ2) is 4.73. The fraction of sp³-hybridized carbons (Fsp3) is 0.533. The van der Waals surface area contributed by atoms with E-state index in [0.29, 0.717) is 11.8 Å². The molecule has 0 fully saturated rings. The smallest absolute Gasteiger partial charge is 0.124 e. The van der Waals surface area contributed by atoms with Crippen LogP contribution in [-0.2, 0) is 25.7 Å². The largest absolute Gasteiger partial charge is 0.290 e. The fourth-order valence-electron chi connectivity index (χ4n) is 3.39. The Morgan fingerprint density at radius 3 is 2.11 bits per heavy atom. The summed E-state index contributed by atoms with van der Waals surface area (Å²) in [5, 5.41) is 9.10. The summed E-state index contributed by atoms with van der Waals surface area (Å²) in [4.78, 5) is 4.12. The van der Waals surface area contributed by atoms with Crippen LogP contribution in [0.4, 0.5) is 0 Å². The number of hydroxylamine groups is 1. The van der Waals surface area contributed by atoms with Crippen molar-refractivity contribution in [2.45, 2.75) is 38.5 Å². The number of nitrogens with one attached hydrogen (secondary N) is 1. The normalized spacial score (nSPS) is 19.6. The number of hydrogen-bond donors (Lipinski definition) is 2. The summed E-state index contributed by atoms with van der Waals surface area (Å²) in [6.45, 7) is 0. The molecule has 1 aromatic rings. The van der Waals surface area contributed by atoms with Crippen LogP contribution in [0, 0.1) is 5.92 Å². The SMILES string of the molecule is CN=C(NO)C1Cc2cc3c(cc2C1)CCCC3. The maximum Gasteiger partial charge on any atom is 0.124 e. The summed E-state index contributed by atoms with van der Waals surface area (Å²) in [6, 6.07) is 4.79. The van der Waals surface area contributed by atoms with E-state index in [0.717, 1.165) is 12.8 Å². The van der Waals surface area contributed by atoms with Crippen LogP contribution in [0.3, 0.4) is 0 Å². The molecule has 2 aliphatic rings. The minimum Gasteiger partial charge on any atom is -0.290 e. The molecular weight excluding hydrogens is 224 g/mol. The molecule has 3 rings (SSSR count). The molecule has 18 heavy (non-hydrogen) atoms. The first-order valence-corrected chi connectivity index (χ1v) is 6.82. The zero-order valence-corrected chi connectivity index (χ0v) is 10.9. The van der Waals surface area contributed by atoms with Gasteiger partial charge in [-0.25, -0.2) is 0 Å². The highest BCUT2D eigenvalue weighted by Crippen LogP contribution is 2.32. The van der Waals surface area contributed by atoms with Crippen molar-refractivity contribution in [2.75, 3.05) is 7.05 Å².